The second-order valence-electron chi connectivity index (χ2n) is 7.39. The summed E-state index contributed by atoms with van der Waals surface area (Å²) in [6.07, 6.45) is 0.677. The number of benzene rings is 2. The molecule has 0 saturated carbocycles. The van der Waals surface area contributed by atoms with E-state index in [1.54, 1.807) is 6.07 Å². The van der Waals surface area contributed by atoms with E-state index in [2.05, 4.69) is 58.9 Å². The molecule has 2 nitrogen and oxygen atoms in total. The molecule has 0 fully saturated rings. The molecular formula is C20H26O2Si. The van der Waals surface area contributed by atoms with Crippen LogP contribution < -0.4 is 4.74 Å². The molecular weight excluding hydrogens is 300 g/mol. The topological polar surface area (TPSA) is 29.5 Å². The third kappa shape index (κ3) is 4.61. The zero-order valence-corrected chi connectivity index (χ0v) is 15.7. The average Bonchev–Trinajstić information content (AvgIpc) is 2.48. The van der Waals surface area contributed by atoms with E-state index in [9.17, 15) is 5.11 Å². The van der Waals surface area contributed by atoms with Crippen LogP contribution >= 0.6 is 0 Å². The fourth-order valence-corrected chi connectivity index (χ4v) is 3.43. The summed E-state index contributed by atoms with van der Waals surface area (Å²) < 4.78 is 5.96. The Hall–Kier alpha value is -1.74. The lowest BCUT2D eigenvalue weighted by molar-refractivity contribution is 0.375. The van der Waals surface area contributed by atoms with Gasteiger partial charge in [-0.3, -0.25) is 0 Å². The smallest absolute Gasteiger partial charge is 0.119 e. The highest BCUT2D eigenvalue weighted by molar-refractivity contribution is 6.39. The van der Waals surface area contributed by atoms with E-state index in [0.717, 1.165) is 11.3 Å². The minimum atomic E-state index is -0.102. The lowest BCUT2D eigenvalue weighted by Gasteiger charge is -2.25. The van der Waals surface area contributed by atoms with Gasteiger partial charge in [0.2, 0.25) is 0 Å². The Morgan fingerprint density at radius 1 is 0.957 bits per heavy atom. The summed E-state index contributed by atoms with van der Waals surface area (Å²) in [6, 6.07) is 16.1. The highest BCUT2D eigenvalue weighted by Crippen LogP contribution is 2.33. The minimum Gasteiger partial charge on any atom is -0.508 e. The molecule has 0 unspecified atom stereocenters. The number of hydrogen-bond donors (Lipinski definition) is 1. The predicted molar refractivity (Wildman–Crippen MR) is 97.5 cm³/mol. The van der Waals surface area contributed by atoms with E-state index in [-0.39, 0.29) is 10.5 Å². The van der Waals surface area contributed by atoms with Gasteiger partial charge in [-0.1, -0.05) is 65.0 Å². The van der Waals surface area contributed by atoms with E-state index >= 15 is 0 Å². The fourth-order valence-electron chi connectivity index (χ4n) is 2.46. The Morgan fingerprint density at radius 3 is 2.22 bits per heavy atom. The molecule has 0 amide bonds. The molecule has 2 aromatic rings. The van der Waals surface area contributed by atoms with Gasteiger partial charge in [0.25, 0.3) is 0 Å². The Morgan fingerprint density at radius 2 is 1.61 bits per heavy atom. The predicted octanol–water partition coefficient (Wildman–Crippen LogP) is 4.67. The van der Waals surface area contributed by atoms with Crippen LogP contribution in [0.4, 0.5) is 0 Å². The molecule has 3 heteroatoms. The van der Waals surface area contributed by atoms with Gasteiger partial charge in [0, 0.05) is 5.56 Å². The molecule has 23 heavy (non-hydrogen) atoms. The van der Waals surface area contributed by atoms with Gasteiger partial charge in [-0.25, -0.2) is 0 Å². The summed E-state index contributed by atoms with van der Waals surface area (Å²) >= 11 is 0. The van der Waals surface area contributed by atoms with Crippen molar-refractivity contribution >= 4 is 9.52 Å². The normalized spacial score (nSPS) is 12.2. The Bertz CT molecular complexity index is 642. The minimum absolute atomic E-state index is 0.102. The van der Waals surface area contributed by atoms with E-state index in [4.69, 9.17) is 4.74 Å². The highest BCUT2D eigenvalue weighted by atomic mass is 28.2. The van der Waals surface area contributed by atoms with Gasteiger partial charge in [-0.2, -0.15) is 0 Å². The molecule has 0 heterocycles. The van der Waals surface area contributed by atoms with Crippen LogP contribution in [0, 0.1) is 0 Å². The molecule has 0 aliphatic rings. The second-order valence-corrected chi connectivity index (χ2v) is 9.28. The first kappa shape index (κ1) is 17.6. The third-order valence-corrected chi connectivity index (χ3v) is 5.49. The molecule has 122 valence electrons. The Balaban J connectivity index is 2.02. The summed E-state index contributed by atoms with van der Waals surface area (Å²) in [5.41, 5.74) is 2.15. The summed E-state index contributed by atoms with van der Waals surface area (Å²) in [7, 11) is 0.658. The van der Waals surface area contributed by atoms with Crippen molar-refractivity contribution in [2.45, 2.75) is 45.1 Å². The van der Waals surface area contributed by atoms with Crippen molar-refractivity contribution in [1.29, 1.82) is 0 Å². The fraction of sp³-hybridized carbons (Fsp3) is 0.400. The molecule has 1 N–H and O–H groups in total. The van der Waals surface area contributed by atoms with E-state index in [1.165, 1.54) is 5.56 Å². The molecule has 0 atom stereocenters. The first-order valence-electron chi connectivity index (χ1n) is 7.97. The molecule has 0 bridgehead atoms. The molecule has 0 aliphatic heterocycles. The lowest BCUT2D eigenvalue weighted by Crippen LogP contribution is -2.30. The highest BCUT2D eigenvalue weighted by Gasteiger charge is 2.22. The molecule has 2 rings (SSSR count). The van der Waals surface area contributed by atoms with Gasteiger partial charge < -0.3 is 9.84 Å². The standard InChI is InChI=1S/C20H26O2Si/c1-19(2,3)17-13-16(11-12-18(17)21)22-14-23-20(4,5)15-9-7-6-8-10-15/h6-13,21H,14H2,1-5H3. The average molecular weight is 327 g/mol. The molecule has 0 aromatic heterocycles. The lowest BCUT2D eigenvalue weighted by atomic mass is 9.86. The number of phenolic OH excluding ortho intramolecular Hbond substituents is 1. The van der Waals surface area contributed by atoms with Crippen LogP contribution in [-0.2, 0) is 10.5 Å². The van der Waals surface area contributed by atoms with Gasteiger partial charge in [0.15, 0.2) is 0 Å². The van der Waals surface area contributed by atoms with Gasteiger partial charge in [0.05, 0.1) is 6.23 Å². The van der Waals surface area contributed by atoms with Gasteiger partial charge in [0.1, 0.15) is 21.0 Å². The summed E-state index contributed by atoms with van der Waals surface area (Å²) in [5, 5.41) is 10.1. The largest absolute Gasteiger partial charge is 0.508 e. The summed E-state index contributed by atoms with van der Waals surface area (Å²) in [4.78, 5) is 0. The van der Waals surface area contributed by atoms with Crippen molar-refractivity contribution in [1.82, 2.24) is 0 Å². The van der Waals surface area contributed by atoms with Crippen molar-refractivity contribution in [2.75, 3.05) is 6.23 Å². The number of hydrogen-bond acceptors (Lipinski definition) is 2. The number of aromatic hydroxyl groups is 1. The molecule has 2 radical (unpaired) electrons. The van der Waals surface area contributed by atoms with Crippen molar-refractivity contribution in [3.8, 4) is 11.5 Å². The SMILES string of the molecule is CC(C)(C)c1cc(OC[Si]C(C)(C)c2ccccc2)ccc1O. The molecule has 0 saturated heterocycles. The van der Waals surface area contributed by atoms with Crippen LogP contribution in [0.2, 0.25) is 0 Å². The first-order valence-corrected chi connectivity index (χ1v) is 9.18. The van der Waals surface area contributed by atoms with E-state index in [1.807, 2.05) is 18.2 Å². The maximum absolute atomic E-state index is 10.0. The van der Waals surface area contributed by atoms with Gasteiger partial charge >= 0.3 is 0 Å². The van der Waals surface area contributed by atoms with E-state index in [0.29, 0.717) is 21.5 Å². The van der Waals surface area contributed by atoms with Crippen LogP contribution in [0.5, 0.6) is 11.5 Å². The zero-order chi connectivity index (χ0) is 17.1. The molecule has 0 aliphatic carbocycles. The van der Waals surface area contributed by atoms with Crippen LogP contribution in [0.1, 0.15) is 45.7 Å². The maximum atomic E-state index is 10.0. The zero-order valence-electron chi connectivity index (χ0n) is 14.7. The number of rotatable bonds is 5. The van der Waals surface area contributed by atoms with Crippen LogP contribution in [0.25, 0.3) is 0 Å². The quantitative estimate of drug-likeness (QED) is 0.809. The van der Waals surface area contributed by atoms with Gasteiger partial charge in [-0.05, 0) is 34.2 Å². The van der Waals surface area contributed by atoms with Crippen molar-refractivity contribution in [3.63, 3.8) is 0 Å². The third-order valence-electron chi connectivity index (χ3n) is 4.02. The Labute approximate surface area is 142 Å². The van der Waals surface area contributed by atoms with Crippen LogP contribution in [0.3, 0.4) is 0 Å². The van der Waals surface area contributed by atoms with Crippen molar-refractivity contribution in [3.05, 3.63) is 59.7 Å². The first-order chi connectivity index (χ1) is 10.7. The number of phenols is 1. The van der Waals surface area contributed by atoms with Crippen molar-refractivity contribution < 1.29 is 9.84 Å². The summed E-state index contributed by atoms with van der Waals surface area (Å²) in [6.45, 7) is 10.8. The monoisotopic (exact) mass is 326 g/mol. The van der Waals surface area contributed by atoms with Crippen LogP contribution in [-0.4, -0.2) is 20.9 Å². The maximum Gasteiger partial charge on any atom is 0.119 e. The second kappa shape index (κ2) is 6.79. The molecule has 0 spiro atoms. The van der Waals surface area contributed by atoms with Crippen molar-refractivity contribution in [2.24, 2.45) is 0 Å². The number of ether oxygens (including phenoxy) is 1. The Kier molecular flexibility index (Phi) is 5.20. The molecule has 2 aromatic carbocycles. The summed E-state index contributed by atoms with van der Waals surface area (Å²) in [5.74, 6) is 1.15. The van der Waals surface area contributed by atoms with Gasteiger partial charge in [-0.15, -0.1) is 0 Å². The van der Waals surface area contributed by atoms with Crippen LogP contribution in [0.15, 0.2) is 48.5 Å². The van der Waals surface area contributed by atoms with E-state index < -0.39 is 0 Å².